The zero-order valence-corrected chi connectivity index (χ0v) is 14.2. The molecule has 1 aromatic rings. The summed E-state index contributed by atoms with van der Waals surface area (Å²) < 4.78 is 0. The molecule has 138 valence electrons. The maximum atomic E-state index is 12.4. The standard InChI is InChI=1S/C16H25N5O4/c1-18-9-14(23)21-13(3-2-8-19-16(17)25)15(24)20-12-6-4-11(10-22)5-7-12/h4-7,13,18,22H,2-3,8-10H2,1H3,(H,20,24)(H,21,23)(H3,17,19,25). The molecule has 1 aromatic carbocycles. The van der Waals surface area contributed by atoms with Crippen LogP contribution < -0.4 is 27.0 Å². The van der Waals surface area contributed by atoms with Crippen molar-refractivity contribution in [2.75, 3.05) is 25.5 Å². The van der Waals surface area contributed by atoms with E-state index in [1.807, 2.05) is 0 Å². The fourth-order valence-electron chi connectivity index (χ4n) is 2.12. The first-order valence-electron chi connectivity index (χ1n) is 7.94. The number of carbonyl (C=O) groups excluding carboxylic acids is 3. The lowest BCUT2D eigenvalue weighted by Gasteiger charge is -2.18. The Bertz CT molecular complexity index is 576. The summed E-state index contributed by atoms with van der Waals surface area (Å²) in [6.07, 6.45) is 0.820. The van der Waals surface area contributed by atoms with E-state index in [1.54, 1.807) is 31.3 Å². The van der Waals surface area contributed by atoms with E-state index in [1.165, 1.54) is 0 Å². The highest BCUT2D eigenvalue weighted by Gasteiger charge is 2.20. The van der Waals surface area contributed by atoms with Crippen LogP contribution in [-0.2, 0) is 16.2 Å². The van der Waals surface area contributed by atoms with Gasteiger partial charge in [0.2, 0.25) is 11.8 Å². The summed E-state index contributed by atoms with van der Waals surface area (Å²) in [7, 11) is 1.63. The van der Waals surface area contributed by atoms with Crippen LogP contribution in [0.1, 0.15) is 18.4 Å². The number of nitrogens with two attached hydrogens (primary N) is 1. The molecule has 4 amide bonds. The summed E-state index contributed by atoms with van der Waals surface area (Å²) in [4.78, 5) is 34.9. The van der Waals surface area contributed by atoms with Crippen molar-refractivity contribution in [1.29, 1.82) is 0 Å². The molecule has 0 saturated carbocycles. The number of rotatable bonds is 10. The zero-order chi connectivity index (χ0) is 18.7. The summed E-state index contributed by atoms with van der Waals surface area (Å²) in [6, 6.07) is 5.36. The molecule has 7 N–H and O–H groups in total. The predicted molar refractivity (Wildman–Crippen MR) is 93.7 cm³/mol. The van der Waals surface area contributed by atoms with E-state index in [4.69, 9.17) is 10.8 Å². The molecular formula is C16H25N5O4. The first kappa shape index (κ1) is 20.4. The van der Waals surface area contributed by atoms with E-state index in [2.05, 4.69) is 21.3 Å². The van der Waals surface area contributed by atoms with E-state index >= 15 is 0 Å². The van der Waals surface area contributed by atoms with Gasteiger partial charge in [-0.25, -0.2) is 4.79 Å². The highest BCUT2D eigenvalue weighted by molar-refractivity contribution is 5.97. The van der Waals surface area contributed by atoms with Crippen molar-refractivity contribution < 1.29 is 19.5 Å². The van der Waals surface area contributed by atoms with Crippen molar-refractivity contribution in [1.82, 2.24) is 16.0 Å². The van der Waals surface area contributed by atoms with Crippen LogP contribution in [0.2, 0.25) is 0 Å². The summed E-state index contributed by atoms with van der Waals surface area (Å²) in [6.45, 7) is 0.324. The smallest absolute Gasteiger partial charge is 0.312 e. The third-order valence-corrected chi connectivity index (χ3v) is 3.36. The molecule has 0 heterocycles. The van der Waals surface area contributed by atoms with Crippen LogP contribution in [0.4, 0.5) is 10.5 Å². The molecule has 0 spiro atoms. The minimum Gasteiger partial charge on any atom is -0.392 e. The molecule has 0 saturated heterocycles. The number of benzene rings is 1. The Morgan fingerprint density at radius 1 is 1.20 bits per heavy atom. The Morgan fingerprint density at radius 2 is 1.88 bits per heavy atom. The van der Waals surface area contributed by atoms with E-state index in [9.17, 15) is 14.4 Å². The average Bonchev–Trinajstić information content (AvgIpc) is 2.58. The van der Waals surface area contributed by atoms with Gasteiger partial charge in [0.05, 0.1) is 13.2 Å². The number of anilines is 1. The van der Waals surface area contributed by atoms with Gasteiger partial charge in [0.15, 0.2) is 0 Å². The monoisotopic (exact) mass is 351 g/mol. The molecule has 1 atom stereocenters. The van der Waals surface area contributed by atoms with Gasteiger partial charge in [0.25, 0.3) is 0 Å². The Kier molecular flexibility index (Phi) is 8.97. The molecular weight excluding hydrogens is 326 g/mol. The number of amides is 4. The SMILES string of the molecule is CNCC(=O)NC(CCCNC(N)=O)C(=O)Nc1ccc(CO)cc1. The molecule has 25 heavy (non-hydrogen) atoms. The molecule has 9 nitrogen and oxygen atoms in total. The van der Waals surface area contributed by atoms with Gasteiger partial charge in [0, 0.05) is 12.2 Å². The van der Waals surface area contributed by atoms with Crippen LogP contribution in [0.5, 0.6) is 0 Å². The number of likely N-dealkylation sites (N-methyl/N-ethyl adjacent to an activating group) is 1. The van der Waals surface area contributed by atoms with Crippen molar-refractivity contribution in [2.24, 2.45) is 5.73 Å². The van der Waals surface area contributed by atoms with Crippen molar-refractivity contribution in [2.45, 2.75) is 25.5 Å². The van der Waals surface area contributed by atoms with Gasteiger partial charge >= 0.3 is 6.03 Å². The number of hydrogen-bond acceptors (Lipinski definition) is 5. The molecule has 0 aromatic heterocycles. The van der Waals surface area contributed by atoms with Crippen LogP contribution in [-0.4, -0.2) is 49.1 Å². The van der Waals surface area contributed by atoms with Crippen molar-refractivity contribution in [3.8, 4) is 0 Å². The van der Waals surface area contributed by atoms with Crippen LogP contribution in [0, 0.1) is 0 Å². The summed E-state index contributed by atoms with van der Waals surface area (Å²) in [5.41, 5.74) is 6.28. The van der Waals surface area contributed by atoms with E-state index < -0.39 is 12.1 Å². The summed E-state index contributed by atoms with van der Waals surface area (Å²) in [5, 5.41) is 19.6. The van der Waals surface area contributed by atoms with Gasteiger partial charge in [-0.2, -0.15) is 0 Å². The first-order chi connectivity index (χ1) is 12.0. The van der Waals surface area contributed by atoms with Crippen molar-refractivity contribution in [3.05, 3.63) is 29.8 Å². The Morgan fingerprint density at radius 3 is 2.44 bits per heavy atom. The predicted octanol–water partition coefficient (Wildman–Crippen LogP) is -0.730. The minimum absolute atomic E-state index is 0.0796. The van der Waals surface area contributed by atoms with Gasteiger partial charge in [0.1, 0.15) is 6.04 Å². The fourth-order valence-corrected chi connectivity index (χ4v) is 2.12. The minimum atomic E-state index is -0.743. The van der Waals surface area contributed by atoms with Gasteiger partial charge in [-0.15, -0.1) is 0 Å². The Hall–Kier alpha value is -2.65. The van der Waals surface area contributed by atoms with Crippen LogP contribution in [0.3, 0.4) is 0 Å². The number of aliphatic hydroxyl groups excluding tert-OH is 1. The second-order valence-electron chi connectivity index (χ2n) is 5.43. The lowest BCUT2D eigenvalue weighted by molar-refractivity contribution is -0.126. The third-order valence-electron chi connectivity index (χ3n) is 3.36. The second kappa shape index (κ2) is 11.0. The van der Waals surface area contributed by atoms with Gasteiger partial charge in [-0.1, -0.05) is 12.1 Å². The maximum absolute atomic E-state index is 12.4. The molecule has 0 bridgehead atoms. The van der Waals surface area contributed by atoms with E-state index in [-0.39, 0.29) is 25.0 Å². The second-order valence-corrected chi connectivity index (χ2v) is 5.43. The number of nitrogens with one attached hydrogen (secondary N) is 4. The molecule has 9 heteroatoms. The first-order valence-corrected chi connectivity index (χ1v) is 7.94. The number of urea groups is 1. The average molecular weight is 351 g/mol. The van der Waals surface area contributed by atoms with Crippen LogP contribution in [0.15, 0.2) is 24.3 Å². The number of hydrogen-bond donors (Lipinski definition) is 6. The third kappa shape index (κ3) is 8.13. The lowest BCUT2D eigenvalue weighted by Crippen LogP contribution is -2.46. The molecule has 0 aliphatic carbocycles. The molecule has 1 rings (SSSR count). The molecule has 0 aliphatic heterocycles. The highest BCUT2D eigenvalue weighted by atomic mass is 16.3. The van der Waals surface area contributed by atoms with E-state index in [0.717, 1.165) is 5.56 Å². The number of aliphatic hydroxyl groups is 1. The molecule has 0 aliphatic rings. The molecule has 0 fully saturated rings. The largest absolute Gasteiger partial charge is 0.392 e. The van der Waals surface area contributed by atoms with Crippen molar-refractivity contribution >= 4 is 23.5 Å². The number of primary amides is 1. The maximum Gasteiger partial charge on any atom is 0.312 e. The Labute approximate surface area is 146 Å². The Balaban J connectivity index is 2.65. The van der Waals surface area contributed by atoms with Crippen LogP contribution >= 0.6 is 0 Å². The molecule has 0 radical (unpaired) electrons. The van der Waals surface area contributed by atoms with Gasteiger partial charge < -0.3 is 32.1 Å². The fraction of sp³-hybridized carbons (Fsp3) is 0.438. The normalized spacial score (nSPS) is 11.4. The quantitative estimate of drug-likeness (QED) is 0.308. The van der Waals surface area contributed by atoms with E-state index in [0.29, 0.717) is 25.1 Å². The van der Waals surface area contributed by atoms with Crippen molar-refractivity contribution in [3.63, 3.8) is 0 Å². The molecule has 1 unspecified atom stereocenters. The number of carbonyl (C=O) groups is 3. The topological polar surface area (TPSA) is 146 Å². The highest BCUT2D eigenvalue weighted by Crippen LogP contribution is 2.11. The van der Waals surface area contributed by atoms with Gasteiger partial charge in [-0.3, -0.25) is 9.59 Å². The van der Waals surface area contributed by atoms with Gasteiger partial charge in [-0.05, 0) is 37.6 Å². The van der Waals surface area contributed by atoms with Crippen LogP contribution in [0.25, 0.3) is 0 Å². The summed E-state index contributed by atoms with van der Waals surface area (Å²) >= 11 is 0. The lowest BCUT2D eigenvalue weighted by atomic mass is 10.1. The zero-order valence-electron chi connectivity index (χ0n) is 14.2. The summed E-state index contributed by atoms with van der Waals surface area (Å²) in [5.74, 6) is -0.665.